The minimum Gasteiger partial charge on any atom is -0.213 e. The molecule has 0 N–H and O–H groups in total. The molecule has 0 fully saturated rings. The zero-order valence-electron chi connectivity index (χ0n) is 19.3. The zero-order chi connectivity index (χ0) is 22.1. The molecule has 1 heterocycles. The van der Waals surface area contributed by atoms with Crippen LogP contribution in [-0.4, -0.2) is 14.8 Å². The molecular formula is C28H31N3. The van der Waals surface area contributed by atoms with Gasteiger partial charge in [0.05, 0.1) is 5.69 Å². The Morgan fingerprint density at radius 2 is 1.48 bits per heavy atom. The molecule has 3 heteroatoms. The molecule has 0 radical (unpaired) electrons. The molecule has 0 unspecified atom stereocenters. The van der Waals surface area contributed by atoms with Crippen LogP contribution in [0.4, 0.5) is 0 Å². The summed E-state index contributed by atoms with van der Waals surface area (Å²) < 4.78 is 2.02. The first-order valence-corrected chi connectivity index (χ1v) is 11.1. The Morgan fingerprint density at radius 1 is 0.742 bits per heavy atom. The van der Waals surface area contributed by atoms with Gasteiger partial charge in [-0.15, -0.1) is 0 Å². The van der Waals surface area contributed by atoms with Crippen LogP contribution in [0, 0.1) is 13.8 Å². The van der Waals surface area contributed by atoms with E-state index >= 15 is 0 Å². The molecule has 4 rings (SSSR count). The monoisotopic (exact) mass is 409 g/mol. The van der Waals surface area contributed by atoms with Crippen LogP contribution in [0.5, 0.6) is 0 Å². The molecule has 0 bridgehead atoms. The van der Waals surface area contributed by atoms with Gasteiger partial charge in [0.1, 0.15) is 5.82 Å². The van der Waals surface area contributed by atoms with Gasteiger partial charge in [0.15, 0.2) is 5.82 Å². The first-order valence-electron chi connectivity index (χ1n) is 11.1. The van der Waals surface area contributed by atoms with E-state index in [4.69, 9.17) is 10.1 Å². The molecule has 1 aromatic heterocycles. The summed E-state index contributed by atoms with van der Waals surface area (Å²) in [5.41, 5.74) is 8.52. The van der Waals surface area contributed by atoms with Gasteiger partial charge in [0, 0.05) is 5.56 Å². The predicted molar refractivity (Wildman–Crippen MR) is 130 cm³/mol. The van der Waals surface area contributed by atoms with E-state index in [1.165, 1.54) is 27.8 Å². The van der Waals surface area contributed by atoms with E-state index in [2.05, 4.69) is 101 Å². The summed E-state index contributed by atoms with van der Waals surface area (Å²) in [6.07, 6.45) is 0. The topological polar surface area (TPSA) is 30.7 Å². The van der Waals surface area contributed by atoms with Gasteiger partial charge in [-0.1, -0.05) is 82.3 Å². The number of hydrogen-bond acceptors (Lipinski definition) is 2. The van der Waals surface area contributed by atoms with Crippen molar-refractivity contribution in [2.24, 2.45) is 0 Å². The van der Waals surface area contributed by atoms with Gasteiger partial charge in [-0.05, 0) is 65.6 Å². The Balaban J connectivity index is 1.86. The molecule has 31 heavy (non-hydrogen) atoms. The summed E-state index contributed by atoms with van der Waals surface area (Å²) in [5.74, 6) is 2.55. The van der Waals surface area contributed by atoms with Crippen LogP contribution >= 0.6 is 0 Å². The Labute approximate surface area is 185 Å². The minimum absolute atomic E-state index is 0.362. The Bertz CT molecular complexity index is 1200. The van der Waals surface area contributed by atoms with E-state index in [0.29, 0.717) is 11.8 Å². The predicted octanol–water partition coefficient (Wildman–Crippen LogP) is 7.46. The van der Waals surface area contributed by atoms with Crippen LogP contribution in [0.2, 0.25) is 0 Å². The van der Waals surface area contributed by atoms with E-state index in [9.17, 15) is 0 Å². The van der Waals surface area contributed by atoms with E-state index in [-0.39, 0.29) is 0 Å². The highest BCUT2D eigenvalue weighted by atomic mass is 15.3. The first-order chi connectivity index (χ1) is 14.8. The van der Waals surface area contributed by atoms with E-state index in [0.717, 1.165) is 22.9 Å². The van der Waals surface area contributed by atoms with Crippen molar-refractivity contribution in [2.45, 2.75) is 53.4 Å². The normalized spacial score (nSPS) is 11.5. The van der Waals surface area contributed by atoms with Gasteiger partial charge in [0.2, 0.25) is 0 Å². The zero-order valence-corrected chi connectivity index (χ0v) is 19.3. The van der Waals surface area contributed by atoms with Gasteiger partial charge in [0.25, 0.3) is 0 Å². The number of aromatic nitrogens is 3. The Hall–Kier alpha value is -3.20. The average molecular weight is 410 g/mol. The van der Waals surface area contributed by atoms with Crippen molar-refractivity contribution < 1.29 is 0 Å². The number of hydrogen-bond donors (Lipinski definition) is 0. The Morgan fingerprint density at radius 3 is 2.13 bits per heavy atom. The number of aryl methyl sites for hydroxylation is 2. The third kappa shape index (κ3) is 4.18. The molecule has 158 valence electrons. The second kappa shape index (κ2) is 8.50. The minimum atomic E-state index is 0.362. The highest BCUT2D eigenvalue weighted by molar-refractivity contribution is 5.69. The molecule has 0 spiro atoms. The van der Waals surface area contributed by atoms with Gasteiger partial charge in [-0.2, -0.15) is 5.10 Å². The van der Waals surface area contributed by atoms with Crippen LogP contribution < -0.4 is 0 Å². The molecule has 0 atom stereocenters. The molecule has 3 aromatic carbocycles. The average Bonchev–Trinajstić information content (AvgIpc) is 3.14. The van der Waals surface area contributed by atoms with E-state index in [1.54, 1.807) is 0 Å². The van der Waals surface area contributed by atoms with Crippen molar-refractivity contribution in [3.05, 3.63) is 89.2 Å². The molecule has 0 aliphatic rings. The van der Waals surface area contributed by atoms with Crippen molar-refractivity contribution in [2.75, 3.05) is 0 Å². The fourth-order valence-corrected chi connectivity index (χ4v) is 4.07. The van der Waals surface area contributed by atoms with Crippen molar-refractivity contribution in [3.8, 4) is 28.2 Å². The first kappa shape index (κ1) is 21.0. The van der Waals surface area contributed by atoms with Gasteiger partial charge >= 0.3 is 0 Å². The number of rotatable bonds is 5. The second-order valence-corrected chi connectivity index (χ2v) is 8.92. The van der Waals surface area contributed by atoms with Crippen molar-refractivity contribution in [1.29, 1.82) is 0 Å². The molecule has 3 nitrogen and oxygen atoms in total. The lowest BCUT2D eigenvalue weighted by molar-refractivity contribution is 0.805. The third-order valence-corrected chi connectivity index (χ3v) is 5.86. The van der Waals surface area contributed by atoms with Gasteiger partial charge in [-0.3, -0.25) is 0 Å². The largest absolute Gasteiger partial charge is 0.213 e. The van der Waals surface area contributed by atoms with Crippen molar-refractivity contribution in [3.63, 3.8) is 0 Å². The maximum atomic E-state index is 4.83. The summed E-state index contributed by atoms with van der Waals surface area (Å²) in [4.78, 5) is 4.83. The highest BCUT2D eigenvalue weighted by Gasteiger charge is 2.18. The van der Waals surface area contributed by atoms with Crippen LogP contribution in [0.25, 0.3) is 28.2 Å². The summed E-state index contributed by atoms with van der Waals surface area (Å²) in [6, 6.07) is 23.9. The fraction of sp³-hybridized carbons (Fsp3) is 0.286. The van der Waals surface area contributed by atoms with Crippen LogP contribution in [0.3, 0.4) is 0 Å². The quantitative estimate of drug-likeness (QED) is 0.342. The second-order valence-electron chi connectivity index (χ2n) is 8.92. The molecule has 4 aromatic rings. The van der Waals surface area contributed by atoms with Crippen molar-refractivity contribution in [1.82, 2.24) is 14.8 Å². The lowest BCUT2D eigenvalue weighted by atomic mass is 9.95. The molecule has 0 aliphatic heterocycles. The standard InChI is InChI=1S/C28H31N3/c1-18(2)23-12-14-25(20(5)16-23)28-29-21(6)30-31(28)27-15-13-24(17-26(27)19(3)4)22-10-8-7-9-11-22/h7-19H,1-6H3. The molecule has 0 saturated carbocycles. The number of benzene rings is 3. The third-order valence-electron chi connectivity index (χ3n) is 5.86. The lowest BCUT2D eigenvalue weighted by Crippen LogP contribution is -2.06. The lowest BCUT2D eigenvalue weighted by Gasteiger charge is -2.17. The van der Waals surface area contributed by atoms with Crippen LogP contribution in [0.15, 0.2) is 66.7 Å². The van der Waals surface area contributed by atoms with E-state index in [1.807, 2.05) is 11.6 Å². The molecule has 0 aliphatic carbocycles. The van der Waals surface area contributed by atoms with Gasteiger partial charge < -0.3 is 0 Å². The molecule has 0 amide bonds. The molecular weight excluding hydrogens is 378 g/mol. The van der Waals surface area contributed by atoms with Crippen molar-refractivity contribution >= 4 is 0 Å². The molecule has 0 saturated heterocycles. The summed E-state index contributed by atoms with van der Waals surface area (Å²) in [5, 5.41) is 4.81. The van der Waals surface area contributed by atoms with Gasteiger partial charge in [-0.25, -0.2) is 9.67 Å². The number of nitrogens with zero attached hydrogens (tertiary/aromatic N) is 3. The summed E-state index contributed by atoms with van der Waals surface area (Å²) >= 11 is 0. The summed E-state index contributed by atoms with van der Waals surface area (Å²) in [7, 11) is 0. The fourth-order valence-electron chi connectivity index (χ4n) is 4.07. The smallest absolute Gasteiger partial charge is 0.163 e. The van der Waals surface area contributed by atoms with Crippen LogP contribution in [0.1, 0.15) is 62.0 Å². The van der Waals surface area contributed by atoms with Crippen LogP contribution in [-0.2, 0) is 0 Å². The SMILES string of the molecule is Cc1nc(-c2ccc(C(C)C)cc2C)n(-c2ccc(-c3ccccc3)cc2C(C)C)n1. The summed E-state index contributed by atoms with van der Waals surface area (Å²) in [6.45, 7) is 13.1. The van der Waals surface area contributed by atoms with E-state index < -0.39 is 0 Å². The maximum Gasteiger partial charge on any atom is 0.163 e. The maximum absolute atomic E-state index is 4.83. The highest BCUT2D eigenvalue weighted by Crippen LogP contribution is 2.33. The Kier molecular flexibility index (Phi) is 5.77.